The maximum atomic E-state index is 9.55. The Kier molecular flexibility index (Phi) is 6.07. The molecule has 0 radical (unpaired) electrons. The summed E-state index contributed by atoms with van der Waals surface area (Å²) in [7, 11) is 0. The Balaban J connectivity index is 0.000000242. The van der Waals surface area contributed by atoms with Crippen molar-refractivity contribution in [3.8, 4) is 0 Å². The van der Waals surface area contributed by atoms with Crippen LogP contribution in [0.15, 0.2) is 58.0 Å². The van der Waals surface area contributed by atoms with Gasteiger partial charge in [0.05, 0.1) is 0 Å². The molecule has 2 unspecified atom stereocenters. The zero-order chi connectivity index (χ0) is 20.3. The van der Waals surface area contributed by atoms with Crippen LogP contribution >= 0.6 is 0 Å². The molecule has 4 N–H and O–H groups in total. The summed E-state index contributed by atoms with van der Waals surface area (Å²) in [6.07, 6.45) is 12.2. The van der Waals surface area contributed by atoms with Crippen LogP contribution in [0.4, 0.5) is 0 Å². The first kappa shape index (κ1) is 20.0. The molecule has 150 valence electrons. The predicted molar refractivity (Wildman–Crippen MR) is 107 cm³/mol. The van der Waals surface area contributed by atoms with Crippen molar-refractivity contribution in [3.63, 3.8) is 0 Å². The monoisotopic (exact) mass is 384 g/mol. The van der Waals surface area contributed by atoms with Gasteiger partial charge in [0.25, 0.3) is 0 Å². The van der Waals surface area contributed by atoms with E-state index in [-0.39, 0.29) is 0 Å². The van der Waals surface area contributed by atoms with Crippen molar-refractivity contribution in [1.82, 2.24) is 10.6 Å². The first-order valence-corrected chi connectivity index (χ1v) is 9.89. The highest BCUT2D eigenvalue weighted by Gasteiger charge is 2.38. The molecule has 6 nitrogen and oxygen atoms in total. The Morgan fingerprint density at radius 3 is 2.61 bits per heavy atom. The van der Waals surface area contributed by atoms with E-state index in [1.165, 1.54) is 43.5 Å². The molecule has 0 saturated carbocycles. The first-order chi connectivity index (χ1) is 13.4. The van der Waals surface area contributed by atoms with Gasteiger partial charge < -0.3 is 20.8 Å². The zero-order valence-electron chi connectivity index (χ0n) is 16.4. The quantitative estimate of drug-likeness (QED) is 0.555. The maximum absolute atomic E-state index is 9.55. The number of nitrogens with one attached hydrogen (secondary N) is 2. The molecule has 2 heterocycles. The number of carboxylic acids is 2. The minimum Gasteiger partial charge on any atom is -0.478 e. The van der Waals surface area contributed by atoms with Crippen molar-refractivity contribution in [2.24, 2.45) is 5.92 Å². The number of fused-ring (bicyclic) bond motifs is 1. The SMILES string of the molecule is CCCC1NC(C)=CC2=C3CCC=C4NCC(=C43)CC21.O=C(O)/C=C\C(=O)O. The lowest BCUT2D eigenvalue weighted by Gasteiger charge is -2.39. The Hall–Kier alpha value is -2.76. The predicted octanol–water partition coefficient (Wildman–Crippen LogP) is 3.27. The van der Waals surface area contributed by atoms with Gasteiger partial charge in [0.2, 0.25) is 0 Å². The van der Waals surface area contributed by atoms with Gasteiger partial charge in [-0.05, 0) is 55.4 Å². The van der Waals surface area contributed by atoms with Gasteiger partial charge in [-0.2, -0.15) is 0 Å². The van der Waals surface area contributed by atoms with Crippen molar-refractivity contribution in [1.29, 1.82) is 0 Å². The molecule has 0 saturated heterocycles. The standard InChI is InChI=1S/C18H24N2.C4H4O4/c1-3-5-16-15-9-12-10-19-17-7-4-6-13(18(12)17)14(15)8-11(2)20-16;5-3(6)1-2-4(7)8/h7-8,15-16,19-20H,3-6,9-10H2,1-2H3;1-2H,(H,5,6)(H,7,8)/b;2-1-. The fourth-order valence-electron chi connectivity index (χ4n) is 4.62. The first-order valence-electron chi connectivity index (χ1n) is 9.89. The Morgan fingerprint density at radius 1 is 1.25 bits per heavy atom. The molecular weight excluding hydrogens is 356 g/mol. The number of hydrogen-bond acceptors (Lipinski definition) is 4. The van der Waals surface area contributed by atoms with Gasteiger partial charge in [-0.1, -0.05) is 19.4 Å². The number of carboxylic acid groups (broad SMARTS) is 2. The van der Waals surface area contributed by atoms with Gasteiger partial charge in [-0.25, -0.2) is 9.59 Å². The van der Waals surface area contributed by atoms with Gasteiger partial charge in [0, 0.05) is 47.6 Å². The maximum Gasteiger partial charge on any atom is 0.328 e. The lowest BCUT2D eigenvalue weighted by molar-refractivity contribution is -0.134. The molecular formula is C22H28N2O4. The second kappa shape index (κ2) is 8.50. The number of carbonyl (C=O) groups is 2. The van der Waals surface area contributed by atoms with Crippen LogP contribution in [0.5, 0.6) is 0 Å². The van der Waals surface area contributed by atoms with E-state index in [1.54, 1.807) is 22.3 Å². The smallest absolute Gasteiger partial charge is 0.328 e. The highest BCUT2D eigenvalue weighted by atomic mass is 16.4. The molecule has 0 bridgehead atoms. The molecule has 6 heteroatoms. The molecule has 2 aliphatic heterocycles. The molecule has 28 heavy (non-hydrogen) atoms. The Labute approximate surface area is 165 Å². The van der Waals surface area contributed by atoms with E-state index < -0.39 is 11.9 Å². The van der Waals surface area contributed by atoms with Crippen LogP contribution in [0.3, 0.4) is 0 Å². The van der Waals surface area contributed by atoms with E-state index in [4.69, 9.17) is 10.2 Å². The van der Waals surface area contributed by atoms with Gasteiger partial charge in [-0.3, -0.25) is 0 Å². The molecule has 0 aromatic carbocycles. The molecule has 0 amide bonds. The summed E-state index contributed by atoms with van der Waals surface area (Å²) in [6, 6.07) is 0.636. The summed E-state index contributed by atoms with van der Waals surface area (Å²) < 4.78 is 0. The van der Waals surface area contributed by atoms with Crippen LogP contribution in [0.1, 0.15) is 46.0 Å². The number of hydrogen-bond donors (Lipinski definition) is 4. The van der Waals surface area contributed by atoms with Crippen molar-refractivity contribution in [2.45, 2.75) is 52.0 Å². The van der Waals surface area contributed by atoms with Crippen LogP contribution < -0.4 is 10.6 Å². The van der Waals surface area contributed by atoms with Crippen molar-refractivity contribution in [2.75, 3.05) is 6.54 Å². The van der Waals surface area contributed by atoms with Gasteiger partial charge >= 0.3 is 11.9 Å². The molecule has 4 rings (SSSR count). The van der Waals surface area contributed by atoms with Gasteiger partial charge in [0.15, 0.2) is 0 Å². The van der Waals surface area contributed by atoms with E-state index in [0.717, 1.165) is 6.54 Å². The van der Waals surface area contributed by atoms with E-state index in [9.17, 15) is 9.59 Å². The summed E-state index contributed by atoms with van der Waals surface area (Å²) in [4.78, 5) is 19.1. The molecule has 4 aliphatic rings. The van der Waals surface area contributed by atoms with E-state index in [1.807, 2.05) is 0 Å². The highest BCUT2D eigenvalue weighted by Crippen LogP contribution is 2.47. The zero-order valence-corrected chi connectivity index (χ0v) is 16.4. The molecule has 2 atom stereocenters. The average Bonchev–Trinajstić information content (AvgIpc) is 3.06. The van der Waals surface area contributed by atoms with E-state index in [2.05, 4.69) is 36.6 Å². The topological polar surface area (TPSA) is 98.7 Å². The Bertz CT molecular complexity index is 813. The van der Waals surface area contributed by atoms with E-state index >= 15 is 0 Å². The summed E-state index contributed by atoms with van der Waals surface area (Å²) in [5.41, 5.74) is 9.32. The minimum absolute atomic E-state index is 0.558. The molecule has 0 aromatic rings. The fourth-order valence-corrected chi connectivity index (χ4v) is 4.62. The third-order valence-electron chi connectivity index (χ3n) is 5.61. The second-order valence-corrected chi connectivity index (χ2v) is 7.61. The van der Waals surface area contributed by atoms with Crippen LogP contribution in [-0.4, -0.2) is 34.7 Å². The molecule has 2 aliphatic carbocycles. The van der Waals surface area contributed by atoms with Crippen LogP contribution in [0.25, 0.3) is 0 Å². The normalized spacial score (nSPS) is 24.9. The van der Waals surface area contributed by atoms with Gasteiger partial charge in [0.1, 0.15) is 0 Å². The third-order valence-corrected chi connectivity index (χ3v) is 5.61. The summed E-state index contributed by atoms with van der Waals surface area (Å²) in [6.45, 7) is 5.60. The van der Waals surface area contributed by atoms with E-state index in [0.29, 0.717) is 24.1 Å². The molecule has 0 aromatic heterocycles. The average molecular weight is 384 g/mol. The molecule has 0 fully saturated rings. The summed E-state index contributed by atoms with van der Waals surface area (Å²) in [5, 5.41) is 23.0. The largest absolute Gasteiger partial charge is 0.478 e. The highest BCUT2D eigenvalue weighted by molar-refractivity contribution is 5.89. The van der Waals surface area contributed by atoms with Crippen molar-refractivity contribution < 1.29 is 19.8 Å². The Morgan fingerprint density at radius 2 is 1.96 bits per heavy atom. The van der Waals surface area contributed by atoms with Crippen LogP contribution in [-0.2, 0) is 9.59 Å². The van der Waals surface area contributed by atoms with Crippen molar-refractivity contribution >= 4 is 11.9 Å². The number of aliphatic carboxylic acids is 2. The third kappa shape index (κ3) is 4.21. The lowest BCUT2D eigenvalue weighted by atomic mass is 9.71. The van der Waals surface area contributed by atoms with Crippen LogP contribution in [0.2, 0.25) is 0 Å². The van der Waals surface area contributed by atoms with Crippen molar-refractivity contribution in [3.05, 3.63) is 58.0 Å². The van der Waals surface area contributed by atoms with Crippen LogP contribution in [0, 0.1) is 5.92 Å². The second-order valence-electron chi connectivity index (χ2n) is 7.61. The van der Waals surface area contributed by atoms with Gasteiger partial charge in [-0.15, -0.1) is 0 Å². The molecule has 0 spiro atoms. The number of rotatable bonds is 4. The minimum atomic E-state index is -1.26. The lowest BCUT2D eigenvalue weighted by Crippen LogP contribution is -2.41. The number of allylic oxidation sites excluding steroid dienone is 4. The fraction of sp³-hybridized carbons (Fsp3) is 0.455. The summed E-state index contributed by atoms with van der Waals surface area (Å²) >= 11 is 0. The summed E-state index contributed by atoms with van der Waals surface area (Å²) in [5.74, 6) is -1.81.